The highest BCUT2D eigenvalue weighted by molar-refractivity contribution is 5.37. The van der Waals surface area contributed by atoms with Gasteiger partial charge < -0.3 is 4.74 Å². The first-order valence-corrected chi connectivity index (χ1v) is 5.83. The molecule has 0 radical (unpaired) electrons. The normalized spacial score (nSPS) is 21.7. The largest absolute Gasteiger partial charge is 0.490 e. The smallest absolute Gasteiger partial charge is 0.123 e. The molecule has 84 valence electrons. The second-order valence-electron chi connectivity index (χ2n) is 4.78. The Bertz CT molecular complexity index is 396. The van der Waals surface area contributed by atoms with Crippen LogP contribution in [0.15, 0.2) is 24.3 Å². The van der Waals surface area contributed by atoms with Gasteiger partial charge in [0.1, 0.15) is 11.9 Å². The van der Waals surface area contributed by atoms with Crippen LogP contribution in [-0.4, -0.2) is 6.10 Å². The number of ether oxygens (including phenoxy) is 1. The standard InChI is InChI=1S/C14H17NO/c1-3-14(2,10-15)9-12-8-11-6-4-5-7-13(11)16-12/h4-7,12H,3,8-9H2,1-2H3. The maximum absolute atomic E-state index is 9.16. The quantitative estimate of drug-likeness (QED) is 0.774. The minimum Gasteiger partial charge on any atom is -0.490 e. The van der Waals surface area contributed by atoms with Crippen molar-refractivity contribution in [1.82, 2.24) is 0 Å². The molecule has 0 fully saturated rings. The number of nitrogens with zero attached hydrogens (tertiary/aromatic N) is 1. The predicted molar refractivity (Wildman–Crippen MR) is 63.2 cm³/mol. The van der Waals surface area contributed by atoms with Crippen molar-refractivity contribution in [2.75, 3.05) is 0 Å². The molecule has 1 heterocycles. The lowest BCUT2D eigenvalue weighted by molar-refractivity contribution is 0.172. The molecule has 2 nitrogen and oxygen atoms in total. The highest BCUT2D eigenvalue weighted by atomic mass is 16.5. The number of rotatable bonds is 3. The molecule has 2 unspecified atom stereocenters. The van der Waals surface area contributed by atoms with Crippen LogP contribution in [0.5, 0.6) is 5.75 Å². The van der Waals surface area contributed by atoms with Crippen LogP contribution in [0.3, 0.4) is 0 Å². The van der Waals surface area contributed by atoms with E-state index in [1.807, 2.05) is 25.1 Å². The van der Waals surface area contributed by atoms with E-state index < -0.39 is 0 Å². The lowest BCUT2D eigenvalue weighted by Gasteiger charge is -2.22. The Balaban J connectivity index is 2.05. The van der Waals surface area contributed by atoms with Gasteiger partial charge in [0.25, 0.3) is 0 Å². The Hall–Kier alpha value is -1.49. The zero-order valence-electron chi connectivity index (χ0n) is 9.86. The Morgan fingerprint density at radius 1 is 1.50 bits per heavy atom. The molecule has 0 aromatic heterocycles. The summed E-state index contributed by atoms with van der Waals surface area (Å²) in [4.78, 5) is 0. The van der Waals surface area contributed by atoms with Gasteiger partial charge in [0.2, 0.25) is 0 Å². The van der Waals surface area contributed by atoms with Crippen molar-refractivity contribution in [3.8, 4) is 11.8 Å². The Morgan fingerprint density at radius 3 is 2.88 bits per heavy atom. The Kier molecular flexibility index (Phi) is 2.87. The number of benzene rings is 1. The van der Waals surface area contributed by atoms with Crippen molar-refractivity contribution < 1.29 is 4.74 Å². The summed E-state index contributed by atoms with van der Waals surface area (Å²) < 4.78 is 5.86. The van der Waals surface area contributed by atoms with Crippen molar-refractivity contribution in [2.24, 2.45) is 5.41 Å². The zero-order valence-corrected chi connectivity index (χ0v) is 9.86. The topological polar surface area (TPSA) is 33.0 Å². The lowest BCUT2D eigenvalue weighted by atomic mass is 9.82. The SMILES string of the molecule is CCC(C)(C#N)CC1Cc2ccccc2O1. The van der Waals surface area contributed by atoms with Crippen molar-refractivity contribution in [1.29, 1.82) is 5.26 Å². The molecule has 1 aliphatic rings. The van der Waals surface area contributed by atoms with Gasteiger partial charge in [-0.15, -0.1) is 0 Å². The lowest BCUT2D eigenvalue weighted by Crippen LogP contribution is -2.24. The van der Waals surface area contributed by atoms with Gasteiger partial charge in [0.15, 0.2) is 0 Å². The van der Waals surface area contributed by atoms with E-state index in [-0.39, 0.29) is 11.5 Å². The van der Waals surface area contributed by atoms with Crippen LogP contribution in [0.4, 0.5) is 0 Å². The van der Waals surface area contributed by atoms with E-state index in [9.17, 15) is 0 Å². The molecule has 1 aromatic rings. The summed E-state index contributed by atoms with van der Waals surface area (Å²) in [6.45, 7) is 4.07. The Labute approximate surface area is 96.9 Å². The third-order valence-electron chi connectivity index (χ3n) is 3.44. The van der Waals surface area contributed by atoms with Gasteiger partial charge in [-0.2, -0.15) is 5.26 Å². The third-order valence-corrected chi connectivity index (χ3v) is 3.44. The Morgan fingerprint density at radius 2 is 2.25 bits per heavy atom. The van der Waals surface area contributed by atoms with Crippen molar-refractivity contribution in [3.05, 3.63) is 29.8 Å². The molecule has 16 heavy (non-hydrogen) atoms. The van der Waals surface area contributed by atoms with E-state index in [2.05, 4.69) is 19.1 Å². The maximum Gasteiger partial charge on any atom is 0.123 e. The van der Waals surface area contributed by atoms with E-state index in [4.69, 9.17) is 10.00 Å². The van der Waals surface area contributed by atoms with Crippen LogP contribution in [0.1, 0.15) is 32.3 Å². The number of nitriles is 1. The van der Waals surface area contributed by atoms with Gasteiger partial charge in [-0.25, -0.2) is 0 Å². The van der Waals surface area contributed by atoms with Crippen molar-refractivity contribution >= 4 is 0 Å². The molecule has 0 aliphatic carbocycles. The van der Waals surface area contributed by atoms with E-state index in [0.29, 0.717) is 0 Å². The number of hydrogen-bond donors (Lipinski definition) is 0. The molecule has 0 saturated heterocycles. The molecule has 1 aliphatic heterocycles. The fourth-order valence-corrected chi connectivity index (χ4v) is 2.14. The third kappa shape index (κ3) is 2.04. The van der Waals surface area contributed by atoms with Crippen LogP contribution < -0.4 is 4.74 Å². The molecule has 2 atom stereocenters. The summed E-state index contributed by atoms with van der Waals surface area (Å²) in [5.41, 5.74) is 1.01. The maximum atomic E-state index is 9.16. The van der Waals surface area contributed by atoms with Crippen LogP contribution in [0.2, 0.25) is 0 Å². The number of hydrogen-bond acceptors (Lipinski definition) is 2. The molecule has 2 rings (SSSR count). The van der Waals surface area contributed by atoms with Crippen molar-refractivity contribution in [2.45, 2.75) is 39.2 Å². The van der Waals surface area contributed by atoms with E-state index >= 15 is 0 Å². The fourth-order valence-electron chi connectivity index (χ4n) is 2.14. The van der Waals surface area contributed by atoms with Crippen LogP contribution in [0, 0.1) is 16.7 Å². The first-order chi connectivity index (χ1) is 7.67. The van der Waals surface area contributed by atoms with Crippen molar-refractivity contribution in [3.63, 3.8) is 0 Å². The minimum atomic E-state index is -0.257. The average Bonchev–Trinajstić information content (AvgIpc) is 2.70. The van der Waals surface area contributed by atoms with E-state index in [1.54, 1.807) is 0 Å². The number of para-hydroxylation sites is 1. The summed E-state index contributed by atoms with van der Waals surface area (Å²) in [6.07, 6.45) is 2.80. The van der Waals surface area contributed by atoms with E-state index in [1.165, 1.54) is 5.56 Å². The first-order valence-electron chi connectivity index (χ1n) is 5.83. The van der Waals surface area contributed by atoms with Gasteiger partial charge >= 0.3 is 0 Å². The van der Waals surface area contributed by atoms with Gasteiger partial charge in [0, 0.05) is 12.8 Å². The average molecular weight is 215 g/mol. The fraction of sp³-hybridized carbons (Fsp3) is 0.500. The van der Waals surface area contributed by atoms with Gasteiger partial charge in [-0.1, -0.05) is 25.1 Å². The molecule has 0 saturated carbocycles. The molecule has 2 heteroatoms. The summed E-state index contributed by atoms with van der Waals surface area (Å²) in [5, 5.41) is 9.16. The summed E-state index contributed by atoms with van der Waals surface area (Å²) in [5.74, 6) is 0.990. The molecular weight excluding hydrogens is 198 g/mol. The molecule has 0 bridgehead atoms. The predicted octanol–water partition coefficient (Wildman–Crippen LogP) is 3.32. The van der Waals surface area contributed by atoms with Crippen LogP contribution in [-0.2, 0) is 6.42 Å². The minimum absolute atomic E-state index is 0.169. The summed E-state index contributed by atoms with van der Waals surface area (Å²) in [7, 11) is 0. The zero-order chi connectivity index (χ0) is 11.6. The molecule has 1 aromatic carbocycles. The van der Waals surface area contributed by atoms with E-state index in [0.717, 1.165) is 25.0 Å². The molecule has 0 spiro atoms. The number of fused-ring (bicyclic) bond motifs is 1. The molecule has 0 N–H and O–H groups in total. The van der Waals surface area contributed by atoms with Gasteiger partial charge in [0.05, 0.1) is 11.5 Å². The highest BCUT2D eigenvalue weighted by Gasteiger charge is 2.31. The van der Waals surface area contributed by atoms with Gasteiger partial charge in [-0.3, -0.25) is 0 Å². The summed E-state index contributed by atoms with van der Waals surface area (Å²) >= 11 is 0. The van der Waals surface area contributed by atoms with Gasteiger partial charge in [-0.05, 0) is 25.0 Å². The second kappa shape index (κ2) is 4.17. The van der Waals surface area contributed by atoms with Crippen LogP contribution >= 0.6 is 0 Å². The monoisotopic (exact) mass is 215 g/mol. The second-order valence-corrected chi connectivity index (χ2v) is 4.78. The first kappa shape index (κ1) is 11.0. The molecule has 0 amide bonds. The highest BCUT2D eigenvalue weighted by Crippen LogP contribution is 2.35. The summed E-state index contributed by atoms with van der Waals surface area (Å²) in [6, 6.07) is 10.5. The molecular formula is C14H17NO. The van der Waals surface area contributed by atoms with Crippen LogP contribution in [0.25, 0.3) is 0 Å².